The number of carbonyl (C=O) groups excluding carboxylic acids is 1. The fourth-order valence-corrected chi connectivity index (χ4v) is 3.02. The van der Waals surface area contributed by atoms with E-state index in [1.54, 1.807) is 6.92 Å². The predicted octanol–water partition coefficient (Wildman–Crippen LogP) is 0.273. The fourth-order valence-electron chi connectivity index (χ4n) is 1.58. The minimum absolute atomic E-state index is 0.0617. The van der Waals surface area contributed by atoms with Gasteiger partial charge in [-0.05, 0) is 19.3 Å². The van der Waals surface area contributed by atoms with Crippen LogP contribution in [0, 0.1) is 5.92 Å². The average Bonchev–Trinajstić information content (AvgIpc) is 2.83. The highest BCUT2D eigenvalue weighted by molar-refractivity contribution is 7.89. The summed E-state index contributed by atoms with van der Waals surface area (Å²) in [5, 5.41) is 5.69. The lowest BCUT2D eigenvalue weighted by Crippen LogP contribution is -2.28. The molecule has 2 rings (SSSR count). The summed E-state index contributed by atoms with van der Waals surface area (Å²) in [6.07, 6.45) is 1.96. The van der Waals surface area contributed by atoms with Gasteiger partial charge in [-0.25, -0.2) is 17.9 Å². The lowest BCUT2D eigenvalue weighted by atomic mass is 10.4. The molecule has 0 bridgehead atoms. The highest BCUT2D eigenvalue weighted by Crippen LogP contribution is 2.30. The number of sulfonamides is 1. The second-order valence-electron chi connectivity index (χ2n) is 4.27. The molecule has 1 saturated carbocycles. The SMILES string of the molecule is CCOC(=O)c1cn[nH]c1S(=O)(=O)NC1CC1C. The molecule has 0 aromatic carbocycles. The van der Waals surface area contributed by atoms with E-state index < -0.39 is 16.0 Å². The van der Waals surface area contributed by atoms with E-state index >= 15 is 0 Å². The van der Waals surface area contributed by atoms with Crippen molar-refractivity contribution in [2.24, 2.45) is 5.92 Å². The maximum atomic E-state index is 12.0. The summed E-state index contributed by atoms with van der Waals surface area (Å²) in [4.78, 5) is 11.6. The first kappa shape index (κ1) is 13.0. The van der Waals surface area contributed by atoms with E-state index in [0.717, 1.165) is 12.6 Å². The van der Waals surface area contributed by atoms with Crippen molar-refractivity contribution < 1.29 is 17.9 Å². The lowest BCUT2D eigenvalue weighted by molar-refractivity contribution is 0.0522. The zero-order valence-electron chi connectivity index (χ0n) is 10.1. The summed E-state index contributed by atoms with van der Waals surface area (Å²) in [5.41, 5.74) is -0.0716. The molecular formula is C10H15N3O4S. The van der Waals surface area contributed by atoms with Crippen molar-refractivity contribution in [1.29, 1.82) is 0 Å². The first-order chi connectivity index (χ1) is 8.45. The summed E-state index contributed by atoms with van der Waals surface area (Å²) in [5.74, 6) is -0.371. The molecule has 1 aliphatic rings. The molecule has 1 fully saturated rings. The minimum Gasteiger partial charge on any atom is -0.462 e. The molecule has 7 nitrogen and oxygen atoms in total. The topological polar surface area (TPSA) is 101 Å². The fraction of sp³-hybridized carbons (Fsp3) is 0.600. The third-order valence-electron chi connectivity index (χ3n) is 2.78. The highest BCUT2D eigenvalue weighted by Gasteiger charge is 2.38. The smallest absolute Gasteiger partial charge is 0.342 e. The molecule has 0 spiro atoms. The van der Waals surface area contributed by atoms with E-state index in [2.05, 4.69) is 14.9 Å². The molecule has 2 N–H and O–H groups in total. The van der Waals surface area contributed by atoms with Crippen LogP contribution in [0.1, 0.15) is 30.6 Å². The molecule has 18 heavy (non-hydrogen) atoms. The van der Waals surface area contributed by atoms with E-state index in [9.17, 15) is 13.2 Å². The zero-order chi connectivity index (χ0) is 13.3. The van der Waals surface area contributed by atoms with Crippen molar-refractivity contribution in [3.63, 3.8) is 0 Å². The molecule has 1 heterocycles. The van der Waals surface area contributed by atoms with Gasteiger partial charge in [-0.15, -0.1) is 0 Å². The first-order valence-corrected chi connectivity index (χ1v) is 7.17. The number of hydrogen-bond donors (Lipinski definition) is 2. The number of carbonyl (C=O) groups is 1. The Kier molecular flexibility index (Phi) is 3.40. The van der Waals surface area contributed by atoms with Crippen molar-refractivity contribution in [2.75, 3.05) is 6.61 Å². The molecule has 1 aromatic heterocycles. The molecule has 0 amide bonds. The summed E-state index contributed by atoms with van der Waals surface area (Å²) in [6.45, 7) is 3.78. The van der Waals surface area contributed by atoms with Gasteiger partial charge in [0.25, 0.3) is 10.0 Å². The van der Waals surface area contributed by atoms with Crippen molar-refractivity contribution in [3.05, 3.63) is 11.8 Å². The maximum Gasteiger partial charge on any atom is 0.342 e. The van der Waals surface area contributed by atoms with Crippen molar-refractivity contribution in [1.82, 2.24) is 14.9 Å². The summed E-state index contributed by atoms with van der Waals surface area (Å²) in [6, 6.07) is -0.0617. The number of aromatic amines is 1. The van der Waals surface area contributed by atoms with E-state index in [-0.39, 0.29) is 23.2 Å². The van der Waals surface area contributed by atoms with Gasteiger partial charge in [0, 0.05) is 6.04 Å². The van der Waals surface area contributed by atoms with Crippen LogP contribution in [0.2, 0.25) is 0 Å². The van der Waals surface area contributed by atoms with Gasteiger partial charge in [0.05, 0.1) is 12.8 Å². The molecule has 0 saturated heterocycles. The van der Waals surface area contributed by atoms with Crippen LogP contribution >= 0.6 is 0 Å². The normalized spacial score (nSPS) is 22.8. The third-order valence-corrected chi connectivity index (χ3v) is 4.25. The molecule has 2 unspecified atom stereocenters. The van der Waals surface area contributed by atoms with Crippen LogP contribution < -0.4 is 4.72 Å². The van der Waals surface area contributed by atoms with Crippen molar-refractivity contribution >= 4 is 16.0 Å². The van der Waals surface area contributed by atoms with Crippen LogP contribution in [0.5, 0.6) is 0 Å². The Hall–Kier alpha value is -1.41. The molecule has 2 atom stereocenters. The molecule has 1 aliphatic carbocycles. The van der Waals surface area contributed by atoms with E-state index in [4.69, 9.17) is 4.74 Å². The first-order valence-electron chi connectivity index (χ1n) is 5.68. The Labute approximate surface area is 105 Å². The highest BCUT2D eigenvalue weighted by atomic mass is 32.2. The molecule has 0 aliphatic heterocycles. The van der Waals surface area contributed by atoms with Gasteiger partial charge in [0.1, 0.15) is 5.56 Å². The standard InChI is InChI=1S/C10H15N3O4S/c1-3-17-10(14)7-5-11-12-9(7)18(15,16)13-8-4-6(8)2/h5-6,8,13H,3-4H2,1-2H3,(H,11,12). The maximum absolute atomic E-state index is 12.0. The Morgan fingerprint density at radius 2 is 2.33 bits per heavy atom. The monoisotopic (exact) mass is 273 g/mol. The van der Waals surface area contributed by atoms with Gasteiger partial charge < -0.3 is 4.74 Å². The zero-order valence-corrected chi connectivity index (χ0v) is 11.0. The van der Waals surface area contributed by atoms with Crippen LogP contribution in [0.4, 0.5) is 0 Å². The lowest BCUT2D eigenvalue weighted by Gasteiger charge is -2.05. The minimum atomic E-state index is -3.75. The summed E-state index contributed by atoms with van der Waals surface area (Å²) in [7, 11) is -3.75. The van der Waals surface area contributed by atoms with Crippen LogP contribution in [0.25, 0.3) is 0 Å². The molecule has 0 radical (unpaired) electrons. The number of hydrogen-bond acceptors (Lipinski definition) is 5. The number of aromatic nitrogens is 2. The van der Waals surface area contributed by atoms with Crippen LogP contribution in [0.15, 0.2) is 11.2 Å². The number of rotatable bonds is 5. The second kappa shape index (κ2) is 4.69. The number of H-pyrrole nitrogens is 1. The van der Waals surface area contributed by atoms with Gasteiger partial charge in [0.15, 0.2) is 5.03 Å². The predicted molar refractivity (Wildman–Crippen MR) is 62.4 cm³/mol. The second-order valence-corrected chi connectivity index (χ2v) is 5.92. The van der Waals surface area contributed by atoms with Crippen LogP contribution in [0.3, 0.4) is 0 Å². The van der Waals surface area contributed by atoms with Crippen LogP contribution in [-0.2, 0) is 14.8 Å². The number of nitrogens with zero attached hydrogens (tertiary/aromatic N) is 1. The Morgan fingerprint density at radius 1 is 1.67 bits per heavy atom. The van der Waals surface area contributed by atoms with Crippen molar-refractivity contribution in [3.8, 4) is 0 Å². The molecule has 100 valence electrons. The van der Waals surface area contributed by atoms with Gasteiger partial charge in [-0.3, -0.25) is 5.10 Å². The van der Waals surface area contributed by atoms with Crippen molar-refractivity contribution in [2.45, 2.75) is 31.3 Å². The largest absolute Gasteiger partial charge is 0.462 e. The number of ether oxygens (including phenoxy) is 1. The summed E-state index contributed by atoms with van der Waals surface area (Å²) >= 11 is 0. The van der Waals surface area contributed by atoms with Gasteiger partial charge in [-0.1, -0.05) is 6.92 Å². The van der Waals surface area contributed by atoms with Crippen LogP contribution in [-0.4, -0.2) is 37.2 Å². The van der Waals surface area contributed by atoms with E-state index in [1.807, 2.05) is 6.92 Å². The molecule has 1 aromatic rings. The van der Waals surface area contributed by atoms with E-state index in [1.165, 1.54) is 0 Å². The summed E-state index contributed by atoms with van der Waals surface area (Å²) < 4.78 is 31.3. The number of esters is 1. The Balaban J connectivity index is 2.22. The number of nitrogens with one attached hydrogen (secondary N) is 2. The molecular weight excluding hydrogens is 258 g/mol. The average molecular weight is 273 g/mol. The van der Waals surface area contributed by atoms with Gasteiger partial charge >= 0.3 is 5.97 Å². The Bertz CT molecular complexity index is 551. The Morgan fingerprint density at radius 3 is 2.89 bits per heavy atom. The van der Waals surface area contributed by atoms with Gasteiger partial charge in [-0.2, -0.15) is 5.10 Å². The molecule has 8 heteroatoms. The van der Waals surface area contributed by atoms with E-state index in [0.29, 0.717) is 5.92 Å². The van der Waals surface area contributed by atoms with Gasteiger partial charge in [0.2, 0.25) is 0 Å². The quantitative estimate of drug-likeness (QED) is 0.750. The third kappa shape index (κ3) is 2.54.